The smallest absolute Gasteiger partial charge is 0.353 e. The van der Waals surface area contributed by atoms with Gasteiger partial charge in [-0.3, -0.25) is 0 Å². The molecule has 0 radical (unpaired) electrons. The van der Waals surface area contributed by atoms with Crippen molar-refractivity contribution in [3.05, 3.63) is 47.3 Å². The van der Waals surface area contributed by atoms with E-state index in [1.54, 1.807) is 46.0 Å². The number of rotatable bonds is 7. The summed E-state index contributed by atoms with van der Waals surface area (Å²) < 4.78 is 23.1. The van der Waals surface area contributed by atoms with Crippen molar-refractivity contribution in [2.75, 3.05) is 28.4 Å². The molecule has 148 valence electrons. The molecule has 3 aromatic rings. The number of hydrogen-bond donors (Lipinski definition) is 1. The van der Waals surface area contributed by atoms with Gasteiger partial charge in [-0.1, -0.05) is 0 Å². The van der Waals surface area contributed by atoms with Gasteiger partial charge in [0.25, 0.3) is 0 Å². The van der Waals surface area contributed by atoms with Gasteiger partial charge >= 0.3 is 5.97 Å². The zero-order chi connectivity index (χ0) is 20.4. The largest absolute Gasteiger partial charge is 0.493 e. The van der Waals surface area contributed by atoms with E-state index in [9.17, 15) is 9.90 Å². The van der Waals surface area contributed by atoms with Crippen LogP contribution in [0.5, 0.6) is 17.2 Å². The molecule has 7 nitrogen and oxygen atoms in total. The fraction of sp³-hybridized carbons (Fsp3) is 0.286. The minimum Gasteiger partial charge on any atom is -0.493 e. The minimum absolute atomic E-state index is 0.211. The summed E-state index contributed by atoms with van der Waals surface area (Å²) in [6.07, 6.45) is 1.79. The number of carboxylic acids is 1. The van der Waals surface area contributed by atoms with Crippen molar-refractivity contribution in [3.8, 4) is 28.4 Å². The maximum absolute atomic E-state index is 11.9. The van der Waals surface area contributed by atoms with E-state index in [1.165, 1.54) is 0 Å². The summed E-state index contributed by atoms with van der Waals surface area (Å²) in [5, 5.41) is 9.75. The first-order valence-electron chi connectivity index (χ1n) is 8.62. The predicted molar refractivity (Wildman–Crippen MR) is 105 cm³/mol. The zero-order valence-electron chi connectivity index (χ0n) is 16.5. The predicted octanol–water partition coefficient (Wildman–Crippen LogP) is 3.79. The summed E-state index contributed by atoms with van der Waals surface area (Å²) >= 11 is 0. The quantitative estimate of drug-likeness (QED) is 0.667. The van der Waals surface area contributed by atoms with Crippen molar-refractivity contribution < 1.29 is 28.8 Å². The average molecular weight is 385 g/mol. The van der Waals surface area contributed by atoms with E-state index in [2.05, 4.69) is 0 Å². The lowest BCUT2D eigenvalue weighted by atomic mass is 10.1. The number of hydrogen-bond acceptors (Lipinski definition) is 5. The third-order valence-corrected chi connectivity index (χ3v) is 4.75. The van der Waals surface area contributed by atoms with E-state index >= 15 is 0 Å². The van der Waals surface area contributed by atoms with Crippen LogP contribution in [-0.4, -0.2) is 43.9 Å². The number of ether oxygens (including phenoxy) is 4. The molecule has 0 saturated carbocycles. The van der Waals surface area contributed by atoms with E-state index < -0.39 is 5.97 Å². The Hall–Kier alpha value is -3.19. The number of carboxylic acid groups (broad SMARTS) is 1. The van der Waals surface area contributed by atoms with Gasteiger partial charge in [0.15, 0.2) is 11.5 Å². The fourth-order valence-electron chi connectivity index (χ4n) is 3.38. The van der Waals surface area contributed by atoms with Gasteiger partial charge in [-0.2, -0.15) is 0 Å². The lowest BCUT2D eigenvalue weighted by molar-refractivity contribution is 0.0687. The molecule has 0 fully saturated rings. The molecule has 7 heteroatoms. The number of aromatic carboxylic acids is 1. The first-order chi connectivity index (χ1) is 13.4. The lowest BCUT2D eigenvalue weighted by Crippen LogP contribution is -2.10. The van der Waals surface area contributed by atoms with Crippen LogP contribution < -0.4 is 14.2 Å². The second-order valence-corrected chi connectivity index (χ2v) is 6.32. The van der Waals surface area contributed by atoms with Crippen LogP contribution in [-0.2, 0) is 11.3 Å². The van der Waals surface area contributed by atoms with Crippen LogP contribution in [0.1, 0.15) is 21.6 Å². The van der Waals surface area contributed by atoms with Crippen LogP contribution in [0.4, 0.5) is 0 Å². The van der Waals surface area contributed by atoms with Crippen LogP contribution in [0.15, 0.2) is 30.5 Å². The van der Waals surface area contributed by atoms with Crippen LogP contribution in [0.3, 0.4) is 0 Å². The van der Waals surface area contributed by atoms with Gasteiger partial charge in [0.1, 0.15) is 5.69 Å². The highest BCUT2D eigenvalue weighted by molar-refractivity contribution is 5.90. The van der Waals surface area contributed by atoms with Gasteiger partial charge in [0, 0.05) is 24.4 Å². The van der Waals surface area contributed by atoms with Gasteiger partial charge in [-0.05, 0) is 47.9 Å². The second-order valence-electron chi connectivity index (χ2n) is 6.32. The Balaban J connectivity index is 2.25. The maximum Gasteiger partial charge on any atom is 0.353 e. The van der Waals surface area contributed by atoms with Gasteiger partial charge in [-0.15, -0.1) is 0 Å². The third-order valence-electron chi connectivity index (χ3n) is 4.75. The maximum atomic E-state index is 11.9. The summed E-state index contributed by atoms with van der Waals surface area (Å²) in [6, 6.07) is 7.53. The molecule has 0 spiro atoms. The number of pyridine rings is 1. The summed E-state index contributed by atoms with van der Waals surface area (Å²) in [5.41, 5.74) is 4.13. The second kappa shape index (κ2) is 7.82. The Kier molecular flexibility index (Phi) is 5.46. The molecule has 3 rings (SSSR count). The Morgan fingerprint density at radius 3 is 2.11 bits per heavy atom. The van der Waals surface area contributed by atoms with Crippen molar-refractivity contribution in [2.24, 2.45) is 0 Å². The molecular formula is C21H23NO6. The Labute approximate surface area is 163 Å². The van der Waals surface area contributed by atoms with E-state index in [1.807, 2.05) is 24.3 Å². The van der Waals surface area contributed by atoms with Crippen LogP contribution in [0.2, 0.25) is 0 Å². The Bertz CT molecular complexity index is 1010. The molecule has 2 aromatic heterocycles. The highest BCUT2D eigenvalue weighted by atomic mass is 16.5. The van der Waals surface area contributed by atoms with E-state index in [0.717, 1.165) is 22.2 Å². The molecule has 2 heterocycles. The minimum atomic E-state index is -0.993. The van der Waals surface area contributed by atoms with Crippen LogP contribution in [0.25, 0.3) is 16.6 Å². The SMILES string of the molecule is COCc1cc2cc(-c3cc(OC)c(OC)c(OC)c3)cn2c(C(=O)O)c1C. The average Bonchev–Trinajstić information content (AvgIpc) is 3.10. The Morgan fingerprint density at radius 1 is 0.964 bits per heavy atom. The summed E-state index contributed by atoms with van der Waals surface area (Å²) in [6.45, 7) is 2.13. The van der Waals surface area contributed by atoms with E-state index in [-0.39, 0.29) is 5.69 Å². The van der Waals surface area contributed by atoms with Crippen LogP contribution in [0, 0.1) is 6.92 Å². The molecule has 1 aromatic carbocycles. The number of aromatic nitrogens is 1. The van der Waals surface area contributed by atoms with Crippen molar-refractivity contribution >= 4 is 11.5 Å². The first kappa shape index (κ1) is 19.6. The van der Waals surface area contributed by atoms with Gasteiger partial charge < -0.3 is 28.5 Å². The summed E-state index contributed by atoms with van der Waals surface area (Å²) in [5.74, 6) is 0.568. The number of nitrogens with zero attached hydrogens (tertiary/aromatic N) is 1. The standard InChI is InChI=1S/C21H23NO6/c1-12-15(11-25-2)7-16-6-14(10-22(16)19(12)21(23)24)13-8-17(26-3)20(28-5)18(9-13)27-4/h6-10H,11H2,1-5H3,(H,23,24). The highest BCUT2D eigenvalue weighted by Crippen LogP contribution is 2.41. The van der Waals surface area contributed by atoms with Crippen LogP contribution >= 0.6 is 0 Å². The molecule has 0 atom stereocenters. The molecule has 0 aliphatic carbocycles. The highest BCUT2D eigenvalue weighted by Gasteiger charge is 2.19. The monoisotopic (exact) mass is 385 g/mol. The molecule has 0 saturated heterocycles. The molecule has 0 aliphatic heterocycles. The lowest BCUT2D eigenvalue weighted by Gasteiger charge is -2.13. The molecule has 0 unspecified atom stereocenters. The fourth-order valence-corrected chi connectivity index (χ4v) is 3.38. The Morgan fingerprint density at radius 2 is 1.61 bits per heavy atom. The van der Waals surface area contributed by atoms with E-state index in [0.29, 0.717) is 29.4 Å². The van der Waals surface area contributed by atoms with Gasteiger partial charge in [-0.25, -0.2) is 4.79 Å². The molecule has 0 aliphatic rings. The van der Waals surface area contributed by atoms with E-state index in [4.69, 9.17) is 18.9 Å². The topological polar surface area (TPSA) is 78.6 Å². The molecule has 1 N–H and O–H groups in total. The number of carbonyl (C=O) groups is 1. The summed E-state index contributed by atoms with van der Waals surface area (Å²) in [7, 11) is 6.25. The van der Waals surface area contributed by atoms with Crippen molar-refractivity contribution in [1.82, 2.24) is 4.40 Å². The molecular weight excluding hydrogens is 362 g/mol. The van der Waals surface area contributed by atoms with Crippen molar-refractivity contribution in [1.29, 1.82) is 0 Å². The summed E-state index contributed by atoms with van der Waals surface area (Å²) in [4.78, 5) is 11.9. The molecule has 0 amide bonds. The number of benzene rings is 1. The number of methoxy groups -OCH3 is 4. The van der Waals surface area contributed by atoms with Gasteiger partial charge in [0.05, 0.1) is 27.9 Å². The normalized spacial score (nSPS) is 10.9. The van der Waals surface area contributed by atoms with Crippen molar-refractivity contribution in [2.45, 2.75) is 13.5 Å². The third kappa shape index (κ3) is 3.25. The number of fused-ring (bicyclic) bond motifs is 1. The van der Waals surface area contributed by atoms with Crippen molar-refractivity contribution in [3.63, 3.8) is 0 Å². The zero-order valence-corrected chi connectivity index (χ0v) is 16.5. The molecule has 0 bridgehead atoms. The first-order valence-corrected chi connectivity index (χ1v) is 8.62. The van der Waals surface area contributed by atoms with Gasteiger partial charge in [0.2, 0.25) is 5.75 Å². The molecule has 28 heavy (non-hydrogen) atoms.